The minimum Gasteiger partial charge on any atom is -0.422 e. The van der Waals surface area contributed by atoms with Gasteiger partial charge in [-0.2, -0.15) is 0 Å². The van der Waals surface area contributed by atoms with Gasteiger partial charge in [0.25, 0.3) is 0 Å². The van der Waals surface area contributed by atoms with Crippen LogP contribution < -0.4 is 15.4 Å². The Kier molecular flexibility index (Phi) is 4.94. The summed E-state index contributed by atoms with van der Waals surface area (Å²) in [4.78, 5) is 15.9. The lowest BCUT2D eigenvalue weighted by Crippen LogP contribution is -3.13. The smallest absolute Gasteiger partial charge is 0.336 e. The third kappa shape index (κ3) is 3.87. The number of hydrogen-bond acceptors (Lipinski definition) is 3. The molecule has 5 heteroatoms. The Labute approximate surface area is 164 Å². The van der Waals surface area contributed by atoms with Crippen molar-refractivity contribution in [1.82, 2.24) is 0 Å². The number of benzene rings is 2. The zero-order valence-corrected chi connectivity index (χ0v) is 16.5. The largest absolute Gasteiger partial charge is 0.422 e. The van der Waals surface area contributed by atoms with Crippen molar-refractivity contribution in [3.05, 3.63) is 74.6 Å². The van der Waals surface area contributed by atoms with Crippen LogP contribution in [-0.4, -0.2) is 26.2 Å². The summed E-state index contributed by atoms with van der Waals surface area (Å²) in [5.74, 6) is 0. The van der Waals surface area contributed by atoms with Gasteiger partial charge in [-0.15, -0.1) is 0 Å². The molecule has 0 spiro atoms. The van der Waals surface area contributed by atoms with Gasteiger partial charge < -0.3 is 14.2 Å². The molecule has 4 rings (SSSR count). The first kappa shape index (κ1) is 18.1. The molecular weight excluding hydrogens is 360 g/mol. The van der Waals surface area contributed by atoms with E-state index < -0.39 is 0 Å². The Morgan fingerprint density at radius 1 is 1.11 bits per heavy atom. The molecule has 4 nitrogen and oxygen atoms in total. The Hall–Kier alpha value is -2.30. The van der Waals surface area contributed by atoms with Gasteiger partial charge in [-0.25, -0.2) is 4.79 Å². The molecular formula is C22H24ClN2O2+. The second kappa shape index (κ2) is 7.37. The molecule has 1 aliphatic rings. The van der Waals surface area contributed by atoms with Crippen LogP contribution >= 0.6 is 11.6 Å². The minimum atomic E-state index is -0.263. The van der Waals surface area contributed by atoms with Crippen LogP contribution in [0.2, 0.25) is 5.02 Å². The third-order valence-corrected chi connectivity index (χ3v) is 5.58. The summed E-state index contributed by atoms with van der Waals surface area (Å²) < 4.78 is 5.48. The van der Waals surface area contributed by atoms with E-state index in [0.29, 0.717) is 0 Å². The van der Waals surface area contributed by atoms with E-state index in [1.54, 1.807) is 6.07 Å². The number of halogens is 1. The normalized spacial score (nSPS) is 15.4. The third-order valence-electron chi connectivity index (χ3n) is 5.34. The highest BCUT2D eigenvalue weighted by Crippen LogP contribution is 2.22. The molecule has 0 bridgehead atoms. The fourth-order valence-corrected chi connectivity index (χ4v) is 4.21. The molecule has 1 saturated heterocycles. The van der Waals surface area contributed by atoms with Crippen molar-refractivity contribution < 1.29 is 9.32 Å². The van der Waals surface area contributed by atoms with E-state index in [1.165, 1.54) is 16.2 Å². The summed E-state index contributed by atoms with van der Waals surface area (Å²) >= 11 is 6.13. The molecule has 0 saturated carbocycles. The number of hydrogen-bond donors (Lipinski definition) is 1. The highest BCUT2D eigenvalue weighted by molar-refractivity contribution is 6.30. The summed E-state index contributed by atoms with van der Waals surface area (Å²) in [5, 5.41) is 1.84. The van der Waals surface area contributed by atoms with Gasteiger partial charge in [0.1, 0.15) is 12.1 Å². The van der Waals surface area contributed by atoms with Crippen LogP contribution in [0.4, 0.5) is 5.69 Å². The number of aryl methyl sites for hydroxylation is 2. The van der Waals surface area contributed by atoms with Crippen LogP contribution in [0.1, 0.15) is 16.7 Å². The number of piperazine rings is 1. The quantitative estimate of drug-likeness (QED) is 0.706. The van der Waals surface area contributed by atoms with Crippen molar-refractivity contribution in [3.8, 4) is 0 Å². The van der Waals surface area contributed by atoms with E-state index in [0.717, 1.165) is 59.8 Å². The molecule has 0 radical (unpaired) electrons. The lowest BCUT2D eigenvalue weighted by Gasteiger charge is -2.33. The fourth-order valence-electron chi connectivity index (χ4n) is 4.02. The summed E-state index contributed by atoms with van der Waals surface area (Å²) in [6.07, 6.45) is 0. The zero-order valence-electron chi connectivity index (χ0n) is 15.7. The number of nitrogens with one attached hydrogen (secondary N) is 1. The molecule has 2 aromatic carbocycles. The number of quaternary nitrogens is 1. The molecule has 0 unspecified atom stereocenters. The van der Waals surface area contributed by atoms with Crippen molar-refractivity contribution in [1.29, 1.82) is 0 Å². The maximum absolute atomic E-state index is 12.1. The predicted molar refractivity (Wildman–Crippen MR) is 110 cm³/mol. The highest BCUT2D eigenvalue weighted by Gasteiger charge is 2.22. The second-order valence-electron chi connectivity index (χ2n) is 7.44. The van der Waals surface area contributed by atoms with E-state index in [9.17, 15) is 4.79 Å². The number of nitrogens with zero attached hydrogens (tertiary/aromatic N) is 1. The molecule has 0 amide bonds. The lowest BCUT2D eigenvalue weighted by atomic mass is 10.0. The molecule has 3 aromatic rings. The topological polar surface area (TPSA) is 37.9 Å². The van der Waals surface area contributed by atoms with Crippen LogP contribution in [-0.2, 0) is 6.54 Å². The maximum atomic E-state index is 12.1. The van der Waals surface area contributed by atoms with Gasteiger partial charge >= 0.3 is 5.63 Å². The van der Waals surface area contributed by atoms with E-state index in [4.69, 9.17) is 16.0 Å². The molecule has 27 heavy (non-hydrogen) atoms. The first-order valence-electron chi connectivity index (χ1n) is 9.38. The average Bonchev–Trinajstić information content (AvgIpc) is 2.63. The first-order chi connectivity index (χ1) is 13.0. The highest BCUT2D eigenvalue weighted by atomic mass is 35.5. The van der Waals surface area contributed by atoms with Crippen LogP contribution in [0.5, 0.6) is 0 Å². The van der Waals surface area contributed by atoms with Gasteiger partial charge in [-0.3, -0.25) is 0 Å². The predicted octanol–water partition coefficient (Wildman–Crippen LogP) is 2.97. The van der Waals surface area contributed by atoms with Gasteiger partial charge in [-0.1, -0.05) is 23.7 Å². The summed E-state index contributed by atoms with van der Waals surface area (Å²) in [5.41, 5.74) is 4.93. The van der Waals surface area contributed by atoms with Crippen LogP contribution in [0.3, 0.4) is 0 Å². The molecule has 1 aliphatic heterocycles. The lowest BCUT2D eigenvalue weighted by molar-refractivity contribution is -0.914. The summed E-state index contributed by atoms with van der Waals surface area (Å²) in [6.45, 7) is 8.93. The van der Waals surface area contributed by atoms with E-state index >= 15 is 0 Å². The molecule has 1 N–H and O–H groups in total. The number of anilines is 1. The van der Waals surface area contributed by atoms with Gasteiger partial charge in [0, 0.05) is 27.7 Å². The van der Waals surface area contributed by atoms with Gasteiger partial charge in [0.2, 0.25) is 0 Å². The Balaban J connectivity index is 1.53. The molecule has 1 aromatic heterocycles. The standard InChI is InChI=1S/C22H23ClN2O2/c1-15-10-16(2)22-20(11-15)17(12-21(26)27-22)14-24-6-8-25(9-7-24)19-5-3-4-18(23)13-19/h3-5,10-13H,6-9,14H2,1-2H3/p+1. The van der Waals surface area contributed by atoms with Gasteiger partial charge in [0.15, 0.2) is 0 Å². The molecule has 0 aliphatic carbocycles. The summed E-state index contributed by atoms with van der Waals surface area (Å²) in [6, 6.07) is 13.9. The maximum Gasteiger partial charge on any atom is 0.336 e. The molecule has 1 fully saturated rings. The van der Waals surface area contributed by atoms with E-state index in [1.807, 2.05) is 25.1 Å². The minimum absolute atomic E-state index is 0.263. The second-order valence-corrected chi connectivity index (χ2v) is 7.88. The first-order valence-corrected chi connectivity index (χ1v) is 9.75. The van der Waals surface area contributed by atoms with Crippen molar-refractivity contribution >= 4 is 28.3 Å². The SMILES string of the molecule is Cc1cc(C)c2oc(=O)cc(C[NH+]3CCN(c4cccc(Cl)c4)CC3)c2c1. The molecule has 2 heterocycles. The number of fused-ring (bicyclic) bond motifs is 1. The average molecular weight is 384 g/mol. The van der Waals surface area contributed by atoms with Crippen molar-refractivity contribution in [2.75, 3.05) is 31.1 Å². The van der Waals surface area contributed by atoms with E-state index in [2.05, 4.69) is 30.0 Å². The van der Waals surface area contributed by atoms with Gasteiger partial charge in [0.05, 0.1) is 26.2 Å². The van der Waals surface area contributed by atoms with Crippen molar-refractivity contribution in [2.24, 2.45) is 0 Å². The zero-order chi connectivity index (χ0) is 19.0. The van der Waals surface area contributed by atoms with Crippen LogP contribution in [0, 0.1) is 13.8 Å². The molecule has 0 atom stereocenters. The van der Waals surface area contributed by atoms with Crippen molar-refractivity contribution in [2.45, 2.75) is 20.4 Å². The molecule has 140 valence electrons. The summed E-state index contributed by atoms with van der Waals surface area (Å²) in [7, 11) is 0. The number of rotatable bonds is 3. The van der Waals surface area contributed by atoms with Crippen LogP contribution in [0.25, 0.3) is 11.0 Å². The van der Waals surface area contributed by atoms with Crippen LogP contribution in [0.15, 0.2) is 51.7 Å². The monoisotopic (exact) mass is 383 g/mol. The Morgan fingerprint density at radius 2 is 1.89 bits per heavy atom. The Bertz CT molecular complexity index is 1040. The van der Waals surface area contributed by atoms with E-state index in [-0.39, 0.29) is 5.63 Å². The Morgan fingerprint density at radius 3 is 2.63 bits per heavy atom. The van der Waals surface area contributed by atoms with Gasteiger partial charge in [-0.05, 0) is 49.2 Å². The van der Waals surface area contributed by atoms with Crippen molar-refractivity contribution in [3.63, 3.8) is 0 Å². The fraction of sp³-hybridized carbons (Fsp3) is 0.318.